The molecule has 122 valence electrons. The summed E-state index contributed by atoms with van der Waals surface area (Å²) in [5.74, 6) is 0.288. The molecule has 0 fully saturated rings. The summed E-state index contributed by atoms with van der Waals surface area (Å²) in [5.41, 5.74) is 0.604. The van der Waals surface area contributed by atoms with Crippen LogP contribution in [0.15, 0.2) is 18.2 Å². The minimum atomic E-state index is -0.455. The number of rotatable bonds is 6. The molecule has 0 bridgehead atoms. The second kappa shape index (κ2) is 7.25. The van der Waals surface area contributed by atoms with Crippen LogP contribution in [0.5, 0.6) is 11.5 Å². The molecule has 9 heteroatoms. The molecule has 0 radical (unpaired) electrons. The van der Waals surface area contributed by atoms with Crippen LogP contribution in [0.4, 0.5) is 5.82 Å². The maximum atomic E-state index is 12.2. The first-order valence-corrected chi connectivity index (χ1v) is 6.73. The number of aromatic nitrogens is 3. The summed E-state index contributed by atoms with van der Waals surface area (Å²) in [6.07, 6.45) is -0.00672. The smallest absolute Gasteiger partial charge is 0.275 e. The van der Waals surface area contributed by atoms with Crippen LogP contribution < -0.4 is 20.1 Å². The Balaban J connectivity index is 2.18. The fraction of sp³-hybridized carbons (Fsp3) is 0.286. The van der Waals surface area contributed by atoms with Crippen LogP contribution in [0.3, 0.4) is 0 Å². The minimum absolute atomic E-state index is 0.00672. The van der Waals surface area contributed by atoms with Crippen LogP contribution >= 0.6 is 0 Å². The van der Waals surface area contributed by atoms with E-state index in [0.717, 1.165) is 0 Å². The average molecular weight is 319 g/mol. The number of carbonyl (C=O) groups excluding carboxylic acids is 2. The van der Waals surface area contributed by atoms with E-state index in [1.165, 1.54) is 21.3 Å². The fourth-order valence-electron chi connectivity index (χ4n) is 2.03. The van der Waals surface area contributed by atoms with Crippen molar-refractivity contribution in [3.05, 3.63) is 29.5 Å². The van der Waals surface area contributed by atoms with Crippen molar-refractivity contribution in [3.8, 4) is 11.5 Å². The van der Waals surface area contributed by atoms with Gasteiger partial charge in [-0.25, -0.2) is 0 Å². The number of hydrogen-bond donors (Lipinski definition) is 3. The Bertz CT molecular complexity index is 691. The molecule has 23 heavy (non-hydrogen) atoms. The third-order valence-electron chi connectivity index (χ3n) is 3.12. The number of nitrogens with one attached hydrogen (secondary N) is 3. The first kappa shape index (κ1) is 16.3. The topological polar surface area (TPSA) is 118 Å². The number of anilines is 1. The number of hydrogen-bond acceptors (Lipinski definition) is 6. The van der Waals surface area contributed by atoms with Gasteiger partial charge in [-0.15, -0.1) is 10.2 Å². The van der Waals surface area contributed by atoms with Gasteiger partial charge < -0.3 is 20.1 Å². The Morgan fingerprint density at radius 3 is 2.39 bits per heavy atom. The monoisotopic (exact) mass is 319 g/mol. The zero-order chi connectivity index (χ0) is 16.8. The van der Waals surface area contributed by atoms with Crippen molar-refractivity contribution in [2.24, 2.45) is 0 Å². The zero-order valence-electron chi connectivity index (χ0n) is 13.0. The predicted octanol–water partition coefficient (Wildman–Crippen LogP) is 0.363. The van der Waals surface area contributed by atoms with E-state index < -0.39 is 5.91 Å². The first-order valence-electron chi connectivity index (χ1n) is 6.73. The van der Waals surface area contributed by atoms with E-state index in [2.05, 4.69) is 26.0 Å². The lowest BCUT2D eigenvalue weighted by molar-refractivity contribution is -0.115. The Morgan fingerprint density at radius 1 is 1.17 bits per heavy atom. The summed E-state index contributed by atoms with van der Waals surface area (Å²) in [4.78, 5) is 23.9. The molecule has 0 aliphatic carbocycles. The summed E-state index contributed by atoms with van der Waals surface area (Å²) < 4.78 is 10.5. The van der Waals surface area contributed by atoms with Crippen LogP contribution in [-0.4, -0.2) is 48.5 Å². The van der Waals surface area contributed by atoms with Gasteiger partial charge in [0.05, 0.1) is 20.6 Å². The highest BCUT2D eigenvalue weighted by atomic mass is 16.5. The van der Waals surface area contributed by atoms with E-state index >= 15 is 0 Å². The van der Waals surface area contributed by atoms with Gasteiger partial charge in [0, 0.05) is 12.6 Å². The second-order valence-corrected chi connectivity index (χ2v) is 4.47. The van der Waals surface area contributed by atoms with E-state index in [9.17, 15) is 9.59 Å². The predicted molar refractivity (Wildman–Crippen MR) is 81.7 cm³/mol. The van der Waals surface area contributed by atoms with Gasteiger partial charge in [0.15, 0.2) is 11.5 Å². The highest BCUT2D eigenvalue weighted by molar-refractivity contribution is 6.01. The summed E-state index contributed by atoms with van der Waals surface area (Å²) in [7, 11) is 4.48. The molecule has 0 aliphatic heterocycles. The average Bonchev–Trinajstić information content (AvgIpc) is 3.02. The van der Waals surface area contributed by atoms with E-state index in [0.29, 0.717) is 17.1 Å². The lowest BCUT2D eigenvalue weighted by Crippen LogP contribution is -2.22. The third-order valence-corrected chi connectivity index (χ3v) is 3.12. The minimum Gasteiger partial charge on any atom is -0.496 e. The van der Waals surface area contributed by atoms with Crippen LogP contribution in [0, 0.1) is 0 Å². The van der Waals surface area contributed by atoms with Crippen LogP contribution in [-0.2, 0) is 11.2 Å². The van der Waals surface area contributed by atoms with Gasteiger partial charge >= 0.3 is 0 Å². The fourth-order valence-corrected chi connectivity index (χ4v) is 2.03. The number of carbonyl (C=O) groups is 2. The number of H-pyrrole nitrogens is 1. The largest absolute Gasteiger partial charge is 0.496 e. The molecule has 1 heterocycles. The highest BCUT2D eigenvalue weighted by Crippen LogP contribution is 2.28. The molecule has 2 rings (SSSR count). The molecule has 2 aromatic rings. The van der Waals surface area contributed by atoms with Gasteiger partial charge in [0.1, 0.15) is 11.5 Å². The van der Waals surface area contributed by atoms with Crippen molar-refractivity contribution in [1.82, 2.24) is 20.7 Å². The standard InChI is InChI=1S/C14H17N5O4/c1-15-14(21)12-13(18-19-17-12)16-11(20)7-8-9(22-2)5-4-6-10(8)23-3/h4-6H,7H2,1-3H3,(H,15,21)(H2,16,17,18,19,20). The van der Waals surface area contributed by atoms with Crippen molar-refractivity contribution in [3.63, 3.8) is 0 Å². The zero-order valence-corrected chi connectivity index (χ0v) is 13.0. The highest BCUT2D eigenvalue weighted by Gasteiger charge is 2.19. The molecule has 2 amide bonds. The molecule has 0 aliphatic rings. The van der Waals surface area contributed by atoms with Crippen molar-refractivity contribution in [1.29, 1.82) is 0 Å². The van der Waals surface area contributed by atoms with Gasteiger partial charge in [-0.1, -0.05) is 6.07 Å². The van der Waals surface area contributed by atoms with Gasteiger partial charge in [0.25, 0.3) is 5.91 Å². The molecular formula is C14H17N5O4. The molecule has 0 saturated heterocycles. The lowest BCUT2D eigenvalue weighted by atomic mass is 10.1. The van der Waals surface area contributed by atoms with Gasteiger partial charge in [0.2, 0.25) is 5.91 Å². The van der Waals surface area contributed by atoms with Crippen molar-refractivity contribution in [2.75, 3.05) is 26.6 Å². The summed E-state index contributed by atoms with van der Waals surface area (Å²) in [5, 5.41) is 14.7. The van der Waals surface area contributed by atoms with Gasteiger partial charge in [-0.05, 0) is 12.1 Å². The first-order chi connectivity index (χ1) is 11.1. The quantitative estimate of drug-likeness (QED) is 0.707. The summed E-state index contributed by atoms with van der Waals surface area (Å²) in [6, 6.07) is 5.23. The van der Waals surface area contributed by atoms with Crippen molar-refractivity contribution in [2.45, 2.75) is 6.42 Å². The number of amides is 2. The molecule has 0 unspecified atom stereocenters. The number of aromatic amines is 1. The molecule has 0 atom stereocenters. The number of ether oxygens (including phenoxy) is 2. The molecule has 9 nitrogen and oxygen atoms in total. The Morgan fingerprint density at radius 2 is 1.83 bits per heavy atom. The van der Waals surface area contributed by atoms with E-state index in [4.69, 9.17) is 9.47 Å². The van der Waals surface area contributed by atoms with Crippen molar-refractivity contribution >= 4 is 17.6 Å². The van der Waals surface area contributed by atoms with Crippen LogP contribution in [0.25, 0.3) is 0 Å². The number of nitrogens with zero attached hydrogens (tertiary/aromatic N) is 2. The summed E-state index contributed by atoms with van der Waals surface area (Å²) >= 11 is 0. The number of methoxy groups -OCH3 is 2. The normalized spacial score (nSPS) is 10.0. The molecule has 0 spiro atoms. The maximum absolute atomic E-state index is 12.2. The summed E-state index contributed by atoms with van der Waals surface area (Å²) in [6.45, 7) is 0. The van der Waals surface area contributed by atoms with Crippen molar-refractivity contribution < 1.29 is 19.1 Å². The Hall–Kier alpha value is -3.10. The van der Waals surface area contributed by atoms with Crippen LogP contribution in [0.1, 0.15) is 16.1 Å². The van der Waals surface area contributed by atoms with E-state index in [1.807, 2.05) is 0 Å². The second-order valence-electron chi connectivity index (χ2n) is 4.47. The van der Waals surface area contributed by atoms with Crippen LogP contribution in [0.2, 0.25) is 0 Å². The maximum Gasteiger partial charge on any atom is 0.275 e. The molecule has 3 N–H and O–H groups in total. The van der Waals surface area contributed by atoms with Gasteiger partial charge in [-0.3, -0.25) is 9.59 Å². The number of benzene rings is 1. The molecule has 1 aromatic heterocycles. The molecular weight excluding hydrogens is 302 g/mol. The Kier molecular flexibility index (Phi) is 5.13. The third kappa shape index (κ3) is 3.57. The molecule has 0 saturated carbocycles. The van der Waals surface area contributed by atoms with E-state index in [1.54, 1.807) is 18.2 Å². The SMILES string of the molecule is CNC(=O)c1n[nH]nc1NC(=O)Cc1c(OC)cccc1OC. The lowest BCUT2D eigenvalue weighted by Gasteiger charge is -2.12. The molecule has 1 aromatic carbocycles. The Labute approximate surface area is 132 Å². The van der Waals surface area contributed by atoms with E-state index in [-0.39, 0.29) is 23.8 Å². The van der Waals surface area contributed by atoms with Gasteiger partial charge in [-0.2, -0.15) is 5.21 Å².